The summed E-state index contributed by atoms with van der Waals surface area (Å²) in [7, 11) is 1.61. The molecule has 0 saturated heterocycles. The van der Waals surface area contributed by atoms with Gasteiger partial charge in [0.2, 0.25) is 0 Å². The van der Waals surface area contributed by atoms with Crippen LogP contribution in [0.4, 0.5) is 4.39 Å². The summed E-state index contributed by atoms with van der Waals surface area (Å²) < 4.78 is 24.5. The average Bonchev–Trinajstić information content (AvgIpc) is 2.92. The minimum Gasteiger partial charge on any atom is -0.462 e. The zero-order valence-corrected chi connectivity index (χ0v) is 12.9. The fourth-order valence-corrected chi connectivity index (χ4v) is 2.25. The van der Waals surface area contributed by atoms with Crippen molar-refractivity contribution in [2.75, 3.05) is 13.7 Å². The van der Waals surface area contributed by atoms with Crippen LogP contribution in [0, 0.1) is 5.82 Å². The van der Waals surface area contributed by atoms with Crippen LogP contribution < -0.4 is 5.32 Å². The second-order valence-electron chi connectivity index (χ2n) is 4.80. The highest BCUT2D eigenvalue weighted by Crippen LogP contribution is 2.27. The number of furan rings is 1. The van der Waals surface area contributed by atoms with E-state index in [1.165, 1.54) is 6.07 Å². The summed E-state index contributed by atoms with van der Waals surface area (Å²) in [5, 5.41) is 3.48. The number of hydrogen-bond acceptors (Lipinski definition) is 3. The number of ether oxygens (including phenoxy) is 1. The number of rotatable bonds is 7. The molecule has 0 radical (unpaired) electrons. The molecule has 0 saturated carbocycles. The molecule has 0 aliphatic rings. The fourth-order valence-electron chi connectivity index (χ4n) is 2.13. The van der Waals surface area contributed by atoms with Gasteiger partial charge in [0, 0.05) is 7.11 Å². The first-order chi connectivity index (χ1) is 10.2. The Bertz CT molecular complexity index is 585. The molecule has 1 N–H and O–H groups in total. The van der Waals surface area contributed by atoms with E-state index in [2.05, 4.69) is 12.2 Å². The third-order valence-corrected chi connectivity index (χ3v) is 3.44. The van der Waals surface area contributed by atoms with Crippen molar-refractivity contribution in [3.8, 4) is 0 Å². The van der Waals surface area contributed by atoms with Crippen LogP contribution in [0.1, 0.15) is 36.5 Å². The molecule has 2 aromatic rings. The van der Waals surface area contributed by atoms with E-state index in [1.807, 2.05) is 12.1 Å². The van der Waals surface area contributed by atoms with E-state index in [-0.39, 0.29) is 11.1 Å². The van der Waals surface area contributed by atoms with E-state index < -0.39 is 5.82 Å². The molecule has 114 valence electrons. The Kier molecular flexibility index (Phi) is 5.79. The van der Waals surface area contributed by atoms with E-state index in [4.69, 9.17) is 20.8 Å². The van der Waals surface area contributed by atoms with Crippen molar-refractivity contribution in [1.29, 1.82) is 0 Å². The highest BCUT2D eigenvalue weighted by Gasteiger charge is 2.18. The number of hydrogen-bond donors (Lipinski definition) is 1. The van der Waals surface area contributed by atoms with Crippen molar-refractivity contribution in [3.05, 3.63) is 58.3 Å². The van der Waals surface area contributed by atoms with Crippen LogP contribution in [0.5, 0.6) is 0 Å². The van der Waals surface area contributed by atoms with Gasteiger partial charge in [0.1, 0.15) is 23.9 Å². The van der Waals surface area contributed by atoms with Gasteiger partial charge in [-0.25, -0.2) is 4.39 Å². The van der Waals surface area contributed by atoms with Crippen LogP contribution in [-0.4, -0.2) is 13.7 Å². The lowest BCUT2D eigenvalue weighted by Gasteiger charge is -2.17. The second kappa shape index (κ2) is 7.59. The normalized spacial score (nSPS) is 12.6. The molecule has 0 aliphatic carbocycles. The van der Waals surface area contributed by atoms with Gasteiger partial charge in [0.15, 0.2) is 0 Å². The fraction of sp³-hybridized carbons (Fsp3) is 0.375. The van der Waals surface area contributed by atoms with Gasteiger partial charge in [0.05, 0.1) is 11.1 Å². The minimum absolute atomic E-state index is 0.118. The number of nitrogens with one attached hydrogen (secondary N) is 1. The van der Waals surface area contributed by atoms with Crippen molar-refractivity contribution >= 4 is 11.6 Å². The van der Waals surface area contributed by atoms with Crippen LogP contribution in [0.15, 0.2) is 34.7 Å². The van der Waals surface area contributed by atoms with Crippen molar-refractivity contribution in [1.82, 2.24) is 5.32 Å². The molecular formula is C16H19ClFNO2. The third kappa shape index (κ3) is 4.06. The maximum absolute atomic E-state index is 13.7. The molecule has 0 aliphatic heterocycles. The molecular weight excluding hydrogens is 293 g/mol. The molecule has 2 rings (SSSR count). The quantitative estimate of drug-likeness (QED) is 0.827. The van der Waals surface area contributed by atoms with Crippen LogP contribution >= 0.6 is 11.6 Å². The molecule has 1 aromatic carbocycles. The van der Waals surface area contributed by atoms with Crippen molar-refractivity contribution in [2.45, 2.75) is 26.0 Å². The Morgan fingerprint density at radius 1 is 1.33 bits per heavy atom. The van der Waals surface area contributed by atoms with Crippen LogP contribution in [-0.2, 0) is 11.3 Å². The lowest BCUT2D eigenvalue weighted by atomic mass is 10.0. The number of benzene rings is 1. The lowest BCUT2D eigenvalue weighted by molar-refractivity contribution is 0.162. The molecule has 21 heavy (non-hydrogen) atoms. The monoisotopic (exact) mass is 311 g/mol. The first-order valence-electron chi connectivity index (χ1n) is 6.91. The van der Waals surface area contributed by atoms with E-state index in [1.54, 1.807) is 19.2 Å². The SMILES string of the molecule is CCCNC(c1ccc(Cl)c(F)c1)c1ccc(COC)o1. The van der Waals surface area contributed by atoms with E-state index >= 15 is 0 Å². The summed E-state index contributed by atoms with van der Waals surface area (Å²) >= 11 is 5.75. The molecule has 0 fully saturated rings. The molecule has 1 unspecified atom stereocenters. The van der Waals surface area contributed by atoms with Gasteiger partial charge < -0.3 is 14.5 Å². The first kappa shape index (κ1) is 16.0. The van der Waals surface area contributed by atoms with Gasteiger partial charge in [-0.05, 0) is 42.8 Å². The Balaban J connectivity index is 2.29. The van der Waals surface area contributed by atoms with Gasteiger partial charge >= 0.3 is 0 Å². The summed E-state index contributed by atoms with van der Waals surface area (Å²) in [6, 6.07) is 8.35. The van der Waals surface area contributed by atoms with E-state index in [0.717, 1.165) is 30.0 Å². The highest BCUT2D eigenvalue weighted by molar-refractivity contribution is 6.30. The molecule has 3 nitrogen and oxygen atoms in total. The van der Waals surface area contributed by atoms with Gasteiger partial charge in [0.25, 0.3) is 0 Å². The predicted octanol–water partition coefficient (Wildman–Crippen LogP) is 4.31. The zero-order chi connectivity index (χ0) is 15.2. The van der Waals surface area contributed by atoms with Crippen molar-refractivity contribution < 1.29 is 13.5 Å². The van der Waals surface area contributed by atoms with Crippen LogP contribution in [0.3, 0.4) is 0 Å². The average molecular weight is 312 g/mol. The summed E-state index contributed by atoms with van der Waals surface area (Å²) in [6.07, 6.45) is 0.970. The number of methoxy groups -OCH3 is 1. The summed E-state index contributed by atoms with van der Waals surface area (Å²) in [5.74, 6) is 1.04. The Hall–Kier alpha value is -1.36. The Labute approximate surface area is 129 Å². The standard InChI is InChI=1S/C16H19ClFNO2/c1-3-8-19-16(11-4-6-13(17)14(18)9-11)15-7-5-12(21-15)10-20-2/h4-7,9,16,19H,3,8,10H2,1-2H3. The van der Waals surface area contributed by atoms with Gasteiger partial charge in [-0.2, -0.15) is 0 Å². The Morgan fingerprint density at radius 3 is 2.81 bits per heavy atom. The topological polar surface area (TPSA) is 34.4 Å². The largest absolute Gasteiger partial charge is 0.462 e. The molecule has 0 bridgehead atoms. The molecule has 0 amide bonds. The highest BCUT2D eigenvalue weighted by atomic mass is 35.5. The van der Waals surface area contributed by atoms with Crippen molar-refractivity contribution in [2.24, 2.45) is 0 Å². The summed E-state index contributed by atoms with van der Waals surface area (Å²) in [4.78, 5) is 0. The van der Waals surface area contributed by atoms with Gasteiger partial charge in [-0.1, -0.05) is 24.6 Å². The number of halogens is 2. The van der Waals surface area contributed by atoms with Crippen LogP contribution in [0.2, 0.25) is 5.02 Å². The maximum Gasteiger partial charge on any atom is 0.142 e. The first-order valence-corrected chi connectivity index (χ1v) is 7.29. The third-order valence-electron chi connectivity index (χ3n) is 3.13. The lowest BCUT2D eigenvalue weighted by Crippen LogP contribution is -2.22. The van der Waals surface area contributed by atoms with Crippen molar-refractivity contribution in [3.63, 3.8) is 0 Å². The van der Waals surface area contributed by atoms with E-state index in [0.29, 0.717) is 6.61 Å². The van der Waals surface area contributed by atoms with Crippen LogP contribution in [0.25, 0.3) is 0 Å². The molecule has 1 atom stereocenters. The summed E-state index contributed by atoms with van der Waals surface area (Å²) in [5.41, 5.74) is 0.781. The maximum atomic E-state index is 13.7. The summed E-state index contributed by atoms with van der Waals surface area (Å²) in [6.45, 7) is 3.29. The smallest absolute Gasteiger partial charge is 0.142 e. The molecule has 1 heterocycles. The van der Waals surface area contributed by atoms with Gasteiger partial charge in [-0.15, -0.1) is 0 Å². The predicted molar refractivity (Wildman–Crippen MR) is 81.0 cm³/mol. The Morgan fingerprint density at radius 2 is 2.14 bits per heavy atom. The van der Waals surface area contributed by atoms with Gasteiger partial charge in [-0.3, -0.25) is 0 Å². The van der Waals surface area contributed by atoms with E-state index in [9.17, 15) is 4.39 Å². The molecule has 0 spiro atoms. The molecule has 5 heteroatoms. The molecule has 1 aromatic heterocycles. The second-order valence-corrected chi connectivity index (χ2v) is 5.20. The minimum atomic E-state index is -0.430. The zero-order valence-electron chi connectivity index (χ0n) is 12.2.